The van der Waals surface area contributed by atoms with Crippen LogP contribution in [-0.2, 0) is 21.3 Å². The van der Waals surface area contributed by atoms with Crippen molar-refractivity contribution < 1.29 is 13.2 Å². The van der Waals surface area contributed by atoms with Gasteiger partial charge in [-0.2, -0.15) is 4.31 Å². The highest BCUT2D eigenvalue weighted by Crippen LogP contribution is 2.28. The molecule has 1 aliphatic heterocycles. The van der Waals surface area contributed by atoms with Crippen LogP contribution in [-0.4, -0.2) is 43.5 Å². The average Bonchev–Trinajstić information content (AvgIpc) is 2.88. The molecule has 1 fully saturated rings. The number of nitrogens with one attached hydrogen (secondary N) is 1. The van der Waals surface area contributed by atoms with Gasteiger partial charge in [-0.05, 0) is 25.8 Å². The SMILES string of the molecule is COC1(C)CCCN(S(=O)(=O)c2c[nH]c(CN)c2)C1. The van der Waals surface area contributed by atoms with Gasteiger partial charge in [0.25, 0.3) is 0 Å². The molecular formula is C12H21N3O3S. The Bertz CT molecular complexity index is 540. The van der Waals surface area contributed by atoms with Gasteiger partial charge in [-0.15, -0.1) is 0 Å². The summed E-state index contributed by atoms with van der Waals surface area (Å²) in [5, 5.41) is 0. The molecule has 7 heteroatoms. The smallest absolute Gasteiger partial charge is 0.244 e. The quantitative estimate of drug-likeness (QED) is 0.851. The molecule has 0 radical (unpaired) electrons. The Kier molecular flexibility index (Phi) is 4.00. The third-order valence-electron chi connectivity index (χ3n) is 3.69. The van der Waals surface area contributed by atoms with Crippen LogP contribution in [0.3, 0.4) is 0 Å². The van der Waals surface area contributed by atoms with Crippen molar-refractivity contribution >= 4 is 10.0 Å². The molecule has 1 saturated heterocycles. The first-order valence-electron chi connectivity index (χ1n) is 6.34. The van der Waals surface area contributed by atoms with Gasteiger partial charge in [0.2, 0.25) is 10.0 Å². The molecule has 2 heterocycles. The van der Waals surface area contributed by atoms with Crippen LogP contribution in [0.25, 0.3) is 0 Å². The molecule has 6 nitrogen and oxygen atoms in total. The third kappa shape index (κ3) is 2.84. The first-order chi connectivity index (χ1) is 8.91. The number of sulfonamides is 1. The van der Waals surface area contributed by atoms with E-state index in [2.05, 4.69) is 4.98 Å². The summed E-state index contributed by atoms with van der Waals surface area (Å²) in [5.41, 5.74) is 5.80. The Morgan fingerprint density at radius 2 is 2.32 bits per heavy atom. The van der Waals surface area contributed by atoms with Crippen molar-refractivity contribution in [2.24, 2.45) is 5.73 Å². The predicted molar refractivity (Wildman–Crippen MR) is 72.1 cm³/mol. The van der Waals surface area contributed by atoms with Gasteiger partial charge < -0.3 is 15.5 Å². The van der Waals surface area contributed by atoms with Crippen LogP contribution in [0.15, 0.2) is 17.2 Å². The molecule has 3 N–H and O–H groups in total. The molecule has 0 aliphatic carbocycles. The minimum atomic E-state index is -3.47. The predicted octanol–water partition coefficient (Wildman–Crippen LogP) is 0.663. The van der Waals surface area contributed by atoms with Gasteiger partial charge >= 0.3 is 0 Å². The van der Waals surface area contributed by atoms with E-state index < -0.39 is 15.6 Å². The maximum absolute atomic E-state index is 12.5. The largest absolute Gasteiger partial charge is 0.377 e. The number of piperidine rings is 1. The van der Waals surface area contributed by atoms with E-state index >= 15 is 0 Å². The number of hydrogen-bond donors (Lipinski definition) is 2. The highest BCUT2D eigenvalue weighted by molar-refractivity contribution is 7.89. The molecule has 1 aromatic rings. The van der Waals surface area contributed by atoms with Gasteiger partial charge in [-0.3, -0.25) is 0 Å². The van der Waals surface area contributed by atoms with Gasteiger partial charge in [0, 0.05) is 38.6 Å². The molecule has 1 aromatic heterocycles. The molecule has 2 rings (SSSR count). The van der Waals surface area contributed by atoms with E-state index in [9.17, 15) is 8.42 Å². The summed E-state index contributed by atoms with van der Waals surface area (Å²) in [7, 11) is -1.84. The zero-order valence-corrected chi connectivity index (χ0v) is 12.2. The Labute approximate surface area is 114 Å². The lowest BCUT2D eigenvalue weighted by Gasteiger charge is -2.38. The van der Waals surface area contributed by atoms with E-state index in [1.807, 2.05) is 6.92 Å². The van der Waals surface area contributed by atoms with Crippen molar-refractivity contribution in [2.45, 2.75) is 36.8 Å². The zero-order chi connectivity index (χ0) is 14.1. The number of nitrogens with zero attached hydrogens (tertiary/aromatic N) is 1. The number of methoxy groups -OCH3 is 1. The van der Waals surface area contributed by atoms with Gasteiger partial charge in [0.1, 0.15) is 0 Å². The van der Waals surface area contributed by atoms with E-state index in [1.54, 1.807) is 13.2 Å². The van der Waals surface area contributed by atoms with Crippen LogP contribution in [0.4, 0.5) is 0 Å². The molecule has 0 aromatic carbocycles. The van der Waals surface area contributed by atoms with E-state index in [1.165, 1.54) is 10.5 Å². The normalized spacial score (nSPS) is 25.6. The van der Waals surface area contributed by atoms with Crippen LogP contribution in [0.5, 0.6) is 0 Å². The van der Waals surface area contributed by atoms with Crippen LogP contribution in [0.1, 0.15) is 25.5 Å². The fraction of sp³-hybridized carbons (Fsp3) is 0.667. The van der Waals surface area contributed by atoms with Crippen LogP contribution in [0.2, 0.25) is 0 Å². The van der Waals surface area contributed by atoms with Crippen molar-refractivity contribution in [3.63, 3.8) is 0 Å². The van der Waals surface area contributed by atoms with Crippen molar-refractivity contribution in [1.29, 1.82) is 0 Å². The summed E-state index contributed by atoms with van der Waals surface area (Å²) in [4.78, 5) is 3.14. The minimum Gasteiger partial charge on any atom is -0.377 e. The highest BCUT2D eigenvalue weighted by Gasteiger charge is 2.37. The molecule has 0 spiro atoms. The molecule has 19 heavy (non-hydrogen) atoms. The summed E-state index contributed by atoms with van der Waals surface area (Å²) in [6.45, 7) is 3.15. The third-order valence-corrected chi connectivity index (χ3v) is 5.51. The molecule has 0 amide bonds. The number of H-pyrrole nitrogens is 1. The lowest BCUT2D eigenvalue weighted by molar-refractivity contribution is -0.0319. The lowest BCUT2D eigenvalue weighted by Crippen LogP contribution is -2.49. The van der Waals surface area contributed by atoms with Crippen molar-refractivity contribution in [3.05, 3.63) is 18.0 Å². The van der Waals surface area contributed by atoms with E-state index in [0.29, 0.717) is 25.3 Å². The molecule has 1 atom stereocenters. The topological polar surface area (TPSA) is 88.4 Å². The molecule has 0 saturated carbocycles. The van der Waals surface area contributed by atoms with Crippen LogP contribution >= 0.6 is 0 Å². The standard InChI is InChI=1S/C12H21N3O3S/c1-12(18-2)4-3-5-15(9-12)19(16,17)11-6-10(7-13)14-8-11/h6,8,14H,3-5,7,9,13H2,1-2H3. The molecule has 1 aliphatic rings. The summed E-state index contributed by atoms with van der Waals surface area (Å²) >= 11 is 0. The highest BCUT2D eigenvalue weighted by atomic mass is 32.2. The van der Waals surface area contributed by atoms with Crippen molar-refractivity contribution in [1.82, 2.24) is 9.29 Å². The van der Waals surface area contributed by atoms with E-state index in [4.69, 9.17) is 10.5 Å². The van der Waals surface area contributed by atoms with E-state index in [-0.39, 0.29) is 4.90 Å². The number of nitrogens with two attached hydrogens (primary N) is 1. The molecule has 108 valence electrons. The Morgan fingerprint density at radius 1 is 1.58 bits per heavy atom. The fourth-order valence-corrected chi connectivity index (χ4v) is 3.98. The fourth-order valence-electron chi connectivity index (χ4n) is 2.37. The number of aromatic amines is 1. The van der Waals surface area contributed by atoms with Gasteiger partial charge in [-0.25, -0.2) is 8.42 Å². The van der Waals surface area contributed by atoms with Crippen molar-refractivity contribution in [2.75, 3.05) is 20.2 Å². The van der Waals surface area contributed by atoms with E-state index in [0.717, 1.165) is 12.8 Å². The zero-order valence-electron chi connectivity index (χ0n) is 11.3. The average molecular weight is 287 g/mol. The molecular weight excluding hydrogens is 266 g/mol. The number of aromatic nitrogens is 1. The second-order valence-electron chi connectivity index (χ2n) is 5.16. The van der Waals surface area contributed by atoms with Gasteiger partial charge in [0.05, 0.1) is 10.5 Å². The Morgan fingerprint density at radius 3 is 2.89 bits per heavy atom. The van der Waals surface area contributed by atoms with Gasteiger partial charge in [0.15, 0.2) is 0 Å². The second-order valence-corrected chi connectivity index (χ2v) is 7.10. The maximum atomic E-state index is 12.5. The first kappa shape index (κ1) is 14.5. The lowest BCUT2D eigenvalue weighted by atomic mass is 9.96. The molecule has 1 unspecified atom stereocenters. The Balaban J connectivity index is 2.24. The molecule has 0 bridgehead atoms. The summed E-state index contributed by atoms with van der Waals surface area (Å²) in [6.07, 6.45) is 3.17. The number of ether oxygens (including phenoxy) is 1. The summed E-state index contributed by atoms with van der Waals surface area (Å²) in [6, 6.07) is 1.59. The van der Waals surface area contributed by atoms with Crippen LogP contribution < -0.4 is 5.73 Å². The maximum Gasteiger partial charge on any atom is 0.244 e. The minimum absolute atomic E-state index is 0.272. The second kappa shape index (κ2) is 5.24. The summed E-state index contributed by atoms with van der Waals surface area (Å²) < 4.78 is 32.0. The van der Waals surface area contributed by atoms with Crippen molar-refractivity contribution in [3.8, 4) is 0 Å². The monoisotopic (exact) mass is 287 g/mol. The van der Waals surface area contributed by atoms with Crippen LogP contribution in [0, 0.1) is 0 Å². The Hall–Kier alpha value is -0.890. The summed E-state index contributed by atoms with van der Waals surface area (Å²) in [5.74, 6) is 0. The first-order valence-corrected chi connectivity index (χ1v) is 7.78. The van der Waals surface area contributed by atoms with Gasteiger partial charge in [-0.1, -0.05) is 0 Å². The number of rotatable bonds is 4. The number of hydrogen-bond acceptors (Lipinski definition) is 4.